The maximum absolute atomic E-state index is 5.86. The lowest BCUT2D eigenvalue weighted by atomic mass is 10.3. The quantitative estimate of drug-likeness (QED) is 0.555. The van der Waals surface area contributed by atoms with E-state index in [2.05, 4.69) is 11.9 Å². The number of fused-ring (bicyclic) bond motifs is 2. The summed E-state index contributed by atoms with van der Waals surface area (Å²) in [6, 6.07) is 0. The molecular formula is C8H17NO4Si. The minimum absolute atomic E-state index is 0.0978. The van der Waals surface area contributed by atoms with Gasteiger partial charge in [-0.2, -0.15) is 0 Å². The fraction of sp³-hybridized carbons (Fsp3) is 1.00. The lowest BCUT2D eigenvalue weighted by Crippen LogP contribution is -2.60. The summed E-state index contributed by atoms with van der Waals surface area (Å²) in [6.07, 6.45) is 0.588. The van der Waals surface area contributed by atoms with Gasteiger partial charge in [-0.3, -0.25) is 0 Å². The highest BCUT2D eigenvalue weighted by Gasteiger charge is 2.47. The Hall–Kier alpha value is 0.0169. The summed E-state index contributed by atoms with van der Waals surface area (Å²) in [7, 11) is 1.23. The third kappa shape index (κ3) is 2.15. The third-order valence-electron chi connectivity index (χ3n) is 2.55. The van der Waals surface area contributed by atoms with Crippen LogP contribution in [-0.2, 0) is 18.0 Å². The number of rotatable bonds is 1. The molecule has 2 heterocycles. The lowest BCUT2D eigenvalue weighted by Gasteiger charge is -2.39. The first-order chi connectivity index (χ1) is 6.74. The molecule has 0 amide bonds. The zero-order chi connectivity index (χ0) is 10.0. The molecule has 2 saturated heterocycles. The van der Waals surface area contributed by atoms with Crippen molar-refractivity contribution in [1.82, 2.24) is 4.90 Å². The van der Waals surface area contributed by atoms with Crippen molar-refractivity contribution in [3.63, 3.8) is 0 Å². The predicted molar refractivity (Wildman–Crippen MR) is 51.9 cm³/mol. The highest BCUT2D eigenvalue weighted by Crippen LogP contribution is 2.19. The average Bonchev–Trinajstić information content (AvgIpc) is 2.16. The standard InChI is InChI=1S/C8H17NO4Si/c1-9-3-4-12-14(10-2)7-11-6-8(5-9)13-14/h8H,3-7H2,1-2H3. The monoisotopic (exact) mass is 219 g/mol. The summed E-state index contributed by atoms with van der Waals surface area (Å²) < 4.78 is 22.4. The SMILES string of the molecule is CO[Si]12COCC(CN(C)CCO1)O2. The number of ether oxygens (including phenoxy) is 1. The molecule has 0 saturated carbocycles. The summed E-state index contributed by atoms with van der Waals surface area (Å²) in [4.78, 5) is 2.19. The molecule has 0 N–H and O–H groups in total. The van der Waals surface area contributed by atoms with E-state index >= 15 is 0 Å². The van der Waals surface area contributed by atoms with E-state index in [-0.39, 0.29) is 6.10 Å². The van der Waals surface area contributed by atoms with Gasteiger partial charge >= 0.3 is 8.80 Å². The van der Waals surface area contributed by atoms with Gasteiger partial charge in [0.25, 0.3) is 0 Å². The minimum Gasteiger partial charge on any atom is -0.375 e. The Morgan fingerprint density at radius 2 is 2.36 bits per heavy atom. The summed E-state index contributed by atoms with van der Waals surface area (Å²) in [5, 5.41) is 0. The van der Waals surface area contributed by atoms with Gasteiger partial charge in [0.2, 0.25) is 0 Å². The predicted octanol–water partition coefficient (Wildman–Crippen LogP) is -0.512. The zero-order valence-corrected chi connectivity index (χ0v) is 9.69. The van der Waals surface area contributed by atoms with Crippen LogP contribution in [0.4, 0.5) is 0 Å². The van der Waals surface area contributed by atoms with Gasteiger partial charge in [0.1, 0.15) is 6.23 Å². The number of likely N-dealkylation sites (N-methyl/N-ethyl adjacent to an activating group) is 1. The van der Waals surface area contributed by atoms with Crippen LogP contribution in [0.25, 0.3) is 0 Å². The molecule has 0 spiro atoms. The highest BCUT2D eigenvalue weighted by molar-refractivity contribution is 6.60. The minimum atomic E-state index is -2.47. The first-order valence-corrected chi connectivity index (χ1v) is 6.80. The molecule has 0 aromatic carbocycles. The van der Waals surface area contributed by atoms with Crippen LogP contribution < -0.4 is 0 Å². The molecule has 2 fully saturated rings. The van der Waals surface area contributed by atoms with E-state index in [0.29, 0.717) is 19.4 Å². The molecule has 2 atom stereocenters. The van der Waals surface area contributed by atoms with Crippen molar-refractivity contribution in [3.8, 4) is 0 Å². The van der Waals surface area contributed by atoms with Gasteiger partial charge in [0, 0.05) is 20.2 Å². The second-order valence-corrected chi connectivity index (χ2v) is 6.34. The number of nitrogens with zero attached hydrogens (tertiary/aromatic N) is 1. The summed E-state index contributed by atoms with van der Waals surface area (Å²) >= 11 is 0. The van der Waals surface area contributed by atoms with Gasteiger partial charge in [-0.05, 0) is 7.05 Å². The molecule has 2 bridgehead atoms. The second-order valence-electron chi connectivity index (χ2n) is 3.75. The molecule has 0 aromatic heterocycles. The molecule has 2 rings (SSSR count). The Labute approximate surface area is 85.2 Å². The molecule has 6 heteroatoms. The number of hydrogen-bond donors (Lipinski definition) is 0. The first kappa shape index (κ1) is 10.5. The topological polar surface area (TPSA) is 40.2 Å². The van der Waals surface area contributed by atoms with Gasteiger partial charge in [-0.25, -0.2) is 0 Å². The molecule has 2 unspecified atom stereocenters. The Morgan fingerprint density at radius 3 is 3.14 bits per heavy atom. The largest absolute Gasteiger partial charge is 0.528 e. The van der Waals surface area contributed by atoms with E-state index in [1.54, 1.807) is 7.11 Å². The van der Waals surface area contributed by atoms with E-state index in [9.17, 15) is 0 Å². The van der Waals surface area contributed by atoms with Crippen LogP contribution in [0.5, 0.6) is 0 Å². The normalized spacial score (nSPS) is 40.3. The van der Waals surface area contributed by atoms with E-state index < -0.39 is 8.80 Å². The summed E-state index contributed by atoms with van der Waals surface area (Å²) in [6.45, 7) is 3.12. The summed E-state index contributed by atoms with van der Waals surface area (Å²) in [5.74, 6) is 0. The molecule has 2 aliphatic heterocycles. The van der Waals surface area contributed by atoms with Crippen LogP contribution in [0, 0.1) is 0 Å². The molecular weight excluding hydrogens is 202 g/mol. The maximum atomic E-state index is 5.86. The Kier molecular flexibility index (Phi) is 3.20. The Morgan fingerprint density at radius 1 is 1.50 bits per heavy atom. The van der Waals surface area contributed by atoms with E-state index in [4.69, 9.17) is 18.0 Å². The van der Waals surface area contributed by atoms with Crippen molar-refractivity contribution in [2.75, 3.05) is 46.7 Å². The van der Waals surface area contributed by atoms with Crippen LogP contribution in [0.3, 0.4) is 0 Å². The van der Waals surface area contributed by atoms with Crippen LogP contribution in [-0.4, -0.2) is 66.5 Å². The van der Waals surface area contributed by atoms with Crippen molar-refractivity contribution < 1.29 is 18.0 Å². The highest BCUT2D eigenvalue weighted by atomic mass is 28.4. The van der Waals surface area contributed by atoms with Crippen molar-refractivity contribution in [2.45, 2.75) is 6.10 Å². The molecule has 82 valence electrons. The molecule has 14 heavy (non-hydrogen) atoms. The van der Waals surface area contributed by atoms with E-state index in [1.165, 1.54) is 0 Å². The fourth-order valence-corrected chi connectivity index (χ4v) is 3.74. The van der Waals surface area contributed by atoms with Crippen molar-refractivity contribution in [3.05, 3.63) is 0 Å². The summed E-state index contributed by atoms with van der Waals surface area (Å²) in [5.41, 5.74) is 0. The fourth-order valence-electron chi connectivity index (χ4n) is 1.76. The molecule has 2 aliphatic rings. The first-order valence-electron chi connectivity index (χ1n) is 4.87. The van der Waals surface area contributed by atoms with E-state index in [0.717, 1.165) is 13.1 Å². The zero-order valence-electron chi connectivity index (χ0n) is 8.69. The van der Waals surface area contributed by atoms with Crippen molar-refractivity contribution >= 4 is 8.80 Å². The van der Waals surface area contributed by atoms with Gasteiger partial charge in [-0.15, -0.1) is 0 Å². The maximum Gasteiger partial charge on any atom is 0.528 e. The van der Waals surface area contributed by atoms with Gasteiger partial charge in [0.15, 0.2) is 0 Å². The Bertz CT molecular complexity index is 206. The smallest absolute Gasteiger partial charge is 0.375 e. The third-order valence-corrected chi connectivity index (χ3v) is 5.07. The molecule has 0 radical (unpaired) electrons. The van der Waals surface area contributed by atoms with Crippen molar-refractivity contribution in [1.29, 1.82) is 0 Å². The van der Waals surface area contributed by atoms with Crippen LogP contribution in [0.15, 0.2) is 0 Å². The van der Waals surface area contributed by atoms with Crippen molar-refractivity contribution in [2.24, 2.45) is 0 Å². The second kappa shape index (κ2) is 4.26. The van der Waals surface area contributed by atoms with Gasteiger partial charge in [-0.1, -0.05) is 0 Å². The lowest BCUT2D eigenvalue weighted by molar-refractivity contribution is -0.0809. The Balaban J connectivity index is 2.05. The van der Waals surface area contributed by atoms with Crippen LogP contribution in [0.2, 0.25) is 0 Å². The van der Waals surface area contributed by atoms with Gasteiger partial charge < -0.3 is 22.9 Å². The number of hydrogen-bond acceptors (Lipinski definition) is 5. The molecule has 5 nitrogen and oxygen atoms in total. The molecule has 0 aromatic rings. The van der Waals surface area contributed by atoms with Crippen LogP contribution in [0.1, 0.15) is 0 Å². The molecule has 0 aliphatic carbocycles. The van der Waals surface area contributed by atoms with Gasteiger partial charge in [0.05, 0.1) is 19.3 Å². The van der Waals surface area contributed by atoms with E-state index in [1.807, 2.05) is 0 Å². The average molecular weight is 219 g/mol. The van der Waals surface area contributed by atoms with Crippen LogP contribution >= 0.6 is 0 Å².